The van der Waals surface area contributed by atoms with Crippen LogP contribution in [0.2, 0.25) is 0 Å². The summed E-state index contributed by atoms with van der Waals surface area (Å²) in [4.78, 5) is 0. The quantitative estimate of drug-likeness (QED) is 0.667. The second kappa shape index (κ2) is 4.97. The third kappa shape index (κ3) is 3.65. The van der Waals surface area contributed by atoms with E-state index in [-0.39, 0.29) is 10.8 Å². The number of hydrogen-bond donors (Lipinski definition) is 2. The van der Waals surface area contributed by atoms with Gasteiger partial charge in [0, 0.05) is 0 Å². The molecule has 0 fully saturated rings. The SMILES string of the molecule is CCC(C)(CN)CC(C)(CC)CN. The summed E-state index contributed by atoms with van der Waals surface area (Å²) in [6.07, 6.45) is 3.41. The molecule has 0 aromatic carbocycles. The minimum Gasteiger partial charge on any atom is -0.330 e. The van der Waals surface area contributed by atoms with Crippen LogP contribution in [-0.4, -0.2) is 13.1 Å². The Bertz CT molecular complexity index is 119. The molecule has 2 unspecified atom stereocenters. The average molecular weight is 186 g/mol. The molecular weight excluding hydrogens is 160 g/mol. The van der Waals surface area contributed by atoms with Crippen LogP contribution in [0, 0.1) is 10.8 Å². The minimum absolute atomic E-state index is 0.268. The molecule has 0 rings (SSSR count). The van der Waals surface area contributed by atoms with Crippen LogP contribution < -0.4 is 11.5 Å². The summed E-state index contributed by atoms with van der Waals surface area (Å²) in [5.41, 5.74) is 12.1. The lowest BCUT2D eigenvalue weighted by molar-refractivity contribution is 0.161. The molecule has 0 amide bonds. The van der Waals surface area contributed by atoms with Crippen molar-refractivity contribution in [2.24, 2.45) is 22.3 Å². The van der Waals surface area contributed by atoms with E-state index in [4.69, 9.17) is 11.5 Å². The number of hydrogen-bond acceptors (Lipinski definition) is 2. The fourth-order valence-electron chi connectivity index (χ4n) is 1.71. The van der Waals surface area contributed by atoms with Crippen molar-refractivity contribution < 1.29 is 0 Å². The summed E-state index contributed by atoms with van der Waals surface area (Å²) in [6.45, 7) is 10.5. The molecule has 0 saturated carbocycles. The van der Waals surface area contributed by atoms with Gasteiger partial charge < -0.3 is 11.5 Å². The maximum absolute atomic E-state index is 5.79. The molecule has 80 valence electrons. The predicted molar refractivity (Wildman–Crippen MR) is 59.5 cm³/mol. The highest BCUT2D eigenvalue weighted by Crippen LogP contribution is 2.37. The van der Waals surface area contributed by atoms with Gasteiger partial charge >= 0.3 is 0 Å². The fraction of sp³-hybridized carbons (Fsp3) is 1.00. The topological polar surface area (TPSA) is 52.0 Å². The Morgan fingerprint density at radius 1 is 0.846 bits per heavy atom. The van der Waals surface area contributed by atoms with Gasteiger partial charge in [-0.2, -0.15) is 0 Å². The van der Waals surface area contributed by atoms with Gasteiger partial charge in [-0.05, 0) is 43.2 Å². The molecule has 0 aliphatic heterocycles. The zero-order valence-corrected chi connectivity index (χ0v) is 9.69. The van der Waals surface area contributed by atoms with Crippen molar-refractivity contribution >= 4 is 0 Å². The smallest absolute Gasteiger partial charge is 0.00231 e. The van der Waals surface area contributed by atoms with Gasteiger partial charge in [-0.15, -0.1) is 0 Å². The van der Waals surface area contributed by atoms with Crippen molar-refractivity contribution in [1.82, 2.24) is 0 Å². The van der Waals surface area contributed by atoms with E-state index in [1.807, 2.05) is 0 Å². The van der Waals surface area contributed by atoms with Crippen molar-refractivity contribution in [2.45, 2.75) is 47.0 Å². The maximum atomic E-state index is 5.79. The maximum Gasteiger partial charge on any atom is -0.00231 e. The average Bonchev–Trinajstić information content (AvgIpc) is 2.17. The van der Waals surface area contributed by atoms with E-state index in [9.17, 15) is 0 Å². The molecule has 0 aromatic rings. The van der Waals surface area contributed by atoms with E-state index in [1.54, 1.807) is 0 Å². The Hall–Kier alpha value is -0.0800. The molecule has 2 heteroatoms. The Balaban J connectivity index is 4.36. The van der Waals surface area contributed by atoms with E-state index in [0.29, 0.717) is 0 Å². The molecule has 0 radical (unpaired) electrons. The summed E-state index contributed by atoms with van der Waals surface area (Å²) in [5.74, 6) is 0. The van der Waals surface area contributed by atoms with Gasteiger partial charge in [-0.3, -0.25) is 0 Å². The Morgan fingerprint density at radius 2 is 1.15 bits per heavy atom. The normalized spacial score (nSPS) is 20.8. The summed E-state index contributed by atoms with van der Waals surface area (Å²) in [7, 11) is 0. The molecule has 0 aliphatic rings. The summed E-state index contributed by atoms with van der Waals surface area (Å²) >= 11 is 0. The molecule has 2 atom stereocenters. The molecule has 0 bridgehead atoms. The summed E-state index contributed by atoms with van der Waals surface area (Å²) < 4.78 is 0. The fourth-order valence-corrected chi connectivity index (χ4v) is 1.71. The molecule has 4 N–H and O–H groups in total. The van der Waals surface area contributed by atoms with E-state index >= 15 is 0 Å². The molecule has 0 saturated heterocycles. The van der Waals surface area contributed by atoms with Crippen molar-refractivity contribution in [2.75, 3.05) is 13.1 Å². The Labute approximate surface area is 83.1 Å². The molecule has 0 spiro atoms. The third-order valence-corrected chi connectivity index (χ3v) is 3.55. The second-order valence-corrected chi connectivity index (χ2v) is 4.91. The van der Waals surface area contributed by atoms with Crippen LogP contribution in [0.4, 0.5) is 0 Å². The molecular formula is C11H26N2. The largest absolute Gasteiger partial charge is 0.330 e. The van der Waals surface area contributed by atoms with Crippen LogP contribution in [0.5, 0.6) is 0 Å². The molecule has 0 heterocycles. The molecule has 2 nitrogen and oxygen atoms in total. The summed E-state index contributed by atoms with van der Waals surface area (Å²) in [5, 5.41) is 0. The van der Waals surface area contributed by atoms with E-state index in [0.717, 1.165) is 32.4 Å². The standard InChI is InChI=1S/C11H26N2/c1-5-10(3,8-12)7-11(4,6-2)9-13/h5-9,12-13H2,1-4H3. The molecule has 0 aliphatic carbocycles. The Morgan fingerprint density at radius 3 is 1.31 bits per heavy atom. The third-order valence-electron chi connectivity index (χ3n) is 3.55. The van der Waals surface area contributed by atoms with Gasteiger partial charge in [-0.1, -0.05) is 27.7 Å². The molecule has 0 aromatic heterocycles. The lowest BCUT2D eigenvalue weighted by Crippen LogP contribution is -2.37. The van der Waals surface area contributed by atoms with E-state index in [2.05, 4.69) is 27.7 Å². The number of nitrogens with two attached hydrogens (primary N) is 2. The van der Waals surface area contributed by atoms with Crippen LogP contribution in [0.3, 0.4) is 0 Å². The minimum atomic E-state index is 0.268. The van der Waals surface area contributed by atoms with Crippen molar-refractivity contribution in [3.05, 3.63) is 0 Å². The van der Waals surface area contributed by atoms with Crippen molar-refractivity contribution in [3.63, 3.8) is 0 Å². The highest BCUT2D eigenvalue weighted by molar-refractivity contribution is 4.84. The van der Waals surface area contributed by atoms with Gasteiger partial charge in [0.15, 0.2) is 0 Å². The first kappa shape index (κ1) is 12.9. The van der Waals surface area contributed by atoms with Crippen molar-refractivity contribution in [3.8, 4) is 0 Å². The van der Waals surface area contributed by atoms with Crippen LogP contribution in [0.25, 0.3) is 0 Å². The first-order chi connectivity index (χ1) is 5.95. The van der Waals surface area contributed by atoms with Gasteiger partial charge in [-0.25, -0.2) is 0 Å². The highest BCUT2D eigenvalue weighted by Gasteiger charge is 2.31. The lowest BCUT2D eigenvalue weighted by Gasteiger charge is -2.37. The van der Waals surface area contributed by atoms with Gasteiger partial charge in [0.05, 0.1) is 0 Å². The number of rotatable bonds is 6. The van der Waals surface area contributed by atoms with E-state index in [1.165, 1.54) is 0 Å². The van der Waals surface area contributed by atoms with Gasteiger partial charge in [0.2, 0.25) is 0 Å². The zero-order chi connectivity index (χ0) is 10.5. The first-order valence-corrected chi connectivity index (χ1v) is 5.35. The second-order valence-electron chi connectivity index (χ2n) is 4.91. The first-order valence-electron chi connectivity index (χ1n) is 5.35. The van der Waals surface area contributed by atoms with E-state index < -0.39 is 0 Å². The molecule has 13 heavy (non-hydrogen) atoms. The summed E-state index contributed by atoms with van der Waals surface area (Å²) in [6, 6.07) is 0. The van der Waals surface area contributed by atoms with Crippen LogP contribution in [-0.2, 0) is 0 Å². The lowest BCUT2D eigenvalue weighted by atomic mass is 9.70. The highest BCUT2D eigenvalue weighted by atomic mass is 14.6. The van der Waals surface area contributed by atoms with Gasteiger partial charge in [0.25, 0.3) is 0 Å². The zero-order valence-electron chi connectivity index (χ0n) is 9.69. The van der Waals surface area contributed by atoms with Gasteiger partial charge in [0.1, 0.15) is 0 Å². The van der Waals surface area contributed by atoms with Crippen LogP contribution >= 0.6 is 0 Å². The Kier molecular flexibility index (Phi) is 4.93. The monoisotopic (exact) mass is 186 g/mol. The van der Waals surface area contributed by atoms with Crippen LogP contribution in [0.15, 0.2) is 0 Å². The van der Waals surface area contributed by atoms with Crippen molar-refractivity contribution in [1.29, 1.82) is 0 Å². The predicted octanol–water partition coefficient (Wildman–Crippen LogP) is 2.13. The van der Waals surface area contributed by atoms with Crippen LogP contribution in [0.1, 0.15) is 47.0 Å².